The van der Waals surface area contributed by atoms with E-state index in [9.17, 15) is 14.4 Å². The Labute approximate surface area is 213 Å². The van der Waals surface area contributed by atoms with Crippen LogP contribution in [0.5, 0.6) is 0 Å². The molecule has 7 rings (SSSR count). The summed E-state index contributed by atoms with van der Waals surface area (Å²) in [6, 6.07) is 20.7. The zero-order chi connectivity index (χ0) is 24.7. The van der Waals surface area contributed by atoms with Crippen molar-refractivity contribution >= 4 is 46.6 Å². The Balaban J connectivity index is 1.42. The Kier molecular flexibility index (Phi) is 4.73. The first-order chi connectivity index (χ1) is 16.7. The van der Waals surface area contributed by atoms with Crippen LogP contribution < -0.4 is 5.32 Å². The molecule has 0 saturated carbocycles. The largest absolute Gasteiger partial charge is 0.324 e. The molecule has 3 aromatic carbocycles. The van der Waals surface area contributed by atoms with E-state index in [1.165, 1.54) is 0 Å². The van der Waals surface area contributed by atoms with Crippen LogP contribution in [0.15, 0.2) is 66.7 Å². The first kappa shape index (κ1) is 22.3. The van der Waals surface area contributed by atoms with Gasteiger partial charge in [-0.25, -0.2) is 0 Å². The summed E-state index contributed by atoms with van der Waals surface area (Å²) in [5, 5.41) is 2.84. The Hall–Kier alpha value is -3.15. The molecule has 0 spiro atoms. The van der Waals surface area contributed by atoms with Crippen LogP contribution >= 0.6 is 23.2 Å². The molecule has 1 heterocycles. The first-order valence-corrected chi connectivity index (χ1v) is 12.2. The minimum Gasteiger partial charge on any atom is -0.324 e. The fourth-order valence-corrected chi connectivity index (χ4v) is 7.18. The molecule has 2 atom stereocenters. The van der Waals surface area contributed by atoms with Crippen molar-refractivity contribution < 1.29 is 14.4 Å². The van der Waals surface area contributed by atoms with Gasteiger partial charge in [0, 0.05) is 5.69 Å². The maximum absolute atomic E-state index is 13.8. The fraction of sp³-hybridized carbons (Fsp3) is 0.250. The first-order valence-electron chi connectivity index (χ1n) is 11.5. The molecule has 0 aromatic heterocycles. The molecule has 3 aromatic rings. The van der Waals surface area contributed by atoms with Crippen LogP contribution in [0.25, 0.3) is 0 Å². The highest BCUT2D eigenvalue weighted by Gasteiger charge is 2.73. The highest BCUT2D eigenvalue weighted by molar-refractivity contribution is 6.36. The average Bonchev–Trinajstić information content (AvgIpc) is 3.10. The van der Waals surface area contributed by atoms with E-state index in [-0.39, 0.29) is 0 Å². The van der Waals surface area contributed by atoms with Crippen molar-refractivity contribution in [2.24, 2.45) is 11.8 Å². The molecule has 3 amide bonds. The number of hydrogen-bond acceptors (Lipinski definition) is 3. The average molecular weight is 505 g/mol. The van der Waals surface area contributed by atoms with Crippen molar-refractivity contribution in [1.29, 1.82) is 0 Å². The predicted octanol–water partition coefficient (Wildman–Crippen LogP) is 4.84. The Bertz CT molecular complexity index is 1330. The van der Waals surface area contributed by atoms with Gasteiger partial charge >= 0.3 is 0 Å². The van der Waals surface area contributed by atoms with Gasteiger partial charge in [0.2, 0.25) is 17.7 Å². The van der Waals surface area contributed by atoms with E-state index in [1.807, 2.05) is 80.6 Å². The van der Waals surface area contributed by atoms with Gasteiger partial charge in [-0.1, -0.05) is 60.7 Å². The highest BCUT2D eigenvalue weighted by atomic mass is 35.5. The van der Waals surface area contributed by atoms with Gasteiger partial charge in [0.25, 0.3) is 0 Å². The summed E-state index contributed by atoms with van der Waals surface area (Å²) in [7, 11) is 0. The third kappa shape index (κ3) is 2.79. The van der Waals surface area contributed by atoms with Crippen LogP contribution in [0, 0.1) is 25.7 Å². The molecule has 5 nitrogen and oxygen atoms in total. The van der Waals surface area contributed by atoms with Crippen LogP contribution in [-0.2, 0) is 24.1 Å². The molecule has 4 aliphatic rings. The number of rotatable bonds is 3. The lowest BCUT2D eigenvalue weighted by atomic mass is 9.54. The summed E-state index contributed by atoms with van der Waals surface area (Å²) in [6.45, 7) is 3.42. The van der Waals surface area contributed by atoms with Crippen molar-refractivity contribution in [1.82, 2.24) is 4.90 Å². The summed E-state index contributed by atoms with van der Waals surface area (Å²) in [6.07, 6.45) is 0. The number of nitrogens with zero attached hydrogens (tertiary/aromatic N) is 1. The number of halogens is 2. The van der Waals surface area contributed by atoms with Gasteiger partial charge in [0.15, 0.2) is 0 Å². The number of alkyl halides is 2. The number of carbonyl (C=O) groups is 3. The molecule has 0 unspecified atom stereocenters. The van der Waals surface area contributed by atoms with Crippen LogP contribution in [-0.4, -0.2) is 29.2 Å². The Morgan fingerprint density at radius 2 is 1.29 bits per heavy atom. The number of benzene rings is 3. The Morgan fingerprint density at radius 3 is 1.74 bits per heavy atom. The highest BCUT2D eigenvalue weighted by Crippen LogP contribution is 2.69. The van der Waals surface area contributed by atoms with Crippen LogP contribution in [0.3, 0.4) is 0 Å². The monoisotopic (exact) mass is 504 g/mol. The van der Waals surface area contributed by atoms with Gasteiger partial charge in [-0.05, 0) is 53.3 Å². The summed E-state index contributed by atoms with van der Waals surface area (Å²) < 4.78 is 0. The van der Waals surface area contributed by atoms with E-state index in [4.69, 9.17) is 23.2 Å². The van der Waals surface area contributed by atoms with E-state index in [1.54, 1.807) is 0 Å². The maximum atomic E-state index is 13.8. The lowest BCUT2D eigenvalue weighted by Gasteiger charge is -2.54. The number of likely N-dealkylation sites (tertiary alicyclic amines) is 1. The molecule has 1 aliphatic heterocycles. The molecule has 2 bridgehead atoms. The van der Waals surface area contributed by atoms with Crippen LogP contribution in [0.1, 0.15) is 33.4 Å². The fourth-order valence-electron chi connectivity index (χ4n) is 6.08. The van der Waals surface area contributed by atoms with Gasteiger partial charge in [-0.3, -0.25) is 19.3 Å². The molecular weight excluding hydrogens is 483 g/mol. The molecule has 1 saturated heterocycles. The number of carbonyl (C=O) groups excluding carboxylic acids is 3. The molecule has 0 radical (unpaired) electrons. The van der Waals surface area contributed by atoms with Crippen LogP contribution in [0.4, 0.5) is 5.69 Å². The SMILES string of the molecule is Cc1ccc(C)c(NC(=O)CN2C(=O)[C@@H]3[C@@H](C2=O)C2(Cl)c4ccccc4C3(Cl)c3ccccc32)c1. The summed E-state index contributed by atoms with van der Waals surface area (Å²) in [4.78, 5) is 39.1. The summed E-state index contributed by atoms with van der Waals surface area (Å²) in [5.41, 5.74) is 5.47. The minimum absolute atomic E-state index is 0.398. The number of aryl methyl sites for hydroxylation is 2. The van der Waals surface area contributed by atoms with E-state index in [2.05, 4.69) is 5.32 Å². The summed E-state index contributed by atoms with van der Waals surface area (Å²) >= 11 is 14.8. The summed E-state index contributed by atoms with van der Waals surface area (Å²) in [5.74, 6) is -3.21. The van der Waals surface area contributed by atoms with Crippen molar-refractivity contribution in [3.05, 3.63) is 100 Å². The lowest BCUT2D eigenvalue weighted by molar-refractivity contribution is -0.142. The molecule has 3 aliphatic carbocycles. The van der Waals surface area contributed by atoms with E-state index >= 15 is 0 Å². The normalized spacial score (nSPS) is 27.9. The van der Waals surface area contributed by atoms with E-state index in [0.29, 0.717) is 5.69 Å². The number of hydrogen-bond donors (Lipinski definition) is 1. The van der Waals surface area contributed by atoms with Crippen molar-refractivity contribution in [2.75, 3.05) is 11.9 Å². The Morgan fingerprint density at radius 1 is 0.829 bits per heavy atom. The third-order valence-corrected chi connectivity index (χ3v) is 8.93. The number of nitrogens with one attached hydrogen (secondary N) is 1. The molecular formula is C28H22Cl2N2O3. The standard InChI is InChI=1S/C28H22Cl2N2O3/c1-15-11-12-16(2)21(13-15)31-22(33)14-32-25(34)23-24(26(32)35)28(30)18-8-4-3-7-17(18)27(23,29)19-9-5-6-10-20(19)28/h3-13,23-24H,14H2,1-2H3,(H,31,33)/t23-,24-,27?,28?/m0/s1. The second kappa shape index (κ2) is 7.42. The van der Waals surface area contributed by atoms with E-state index in [0.717, 1.165) is 38.3 Å². The zero-order valence-corrected chi connectivity index (χ0v) is 20.7. The van der Waals surface area contributed by atoms with Crippen molar-refractivity contribution in [2.45, 2.75) is 23.6 Å². The minimum atomic E-state index is -1.25. The van der Waals surface area contributed by atoms with Crippen molar-refractivity contribution in [3.8, 4) is 0 Å². The molecule has 176 valence electrons. The second-order valence-corrected chi connectivity index (χ2v) is 10.8. The quantitative estimate of drug-likeness (QED) is 0.410. The topological polar surface area (TPSA) is 66.5 Å². The molecule has 35 heavy (non-hydrogen) atoms. The predicted molar refractivity (Wildman–Crippen MR) is 134 cm³/mol. The van der Waals surface area contributed by atoms with Gasteiger partial charge in [-0.15, -0.1) is 23.2 Å². The molecule has 1 N–H and O–H groups in total. The third-order valence-electron chi connectivity index (χ3n) is 7.65. The maximum Gasteiger partial charge on any atom is 0.244 e. The zero-order valence-electron chi connectivity index (χ0n) is 19.1. The second-order valence-electron chi connectivity index (χ2n) is 9.60. The number of amides is 3. The lowest BCUT2D eigenvalue weighted by Crippen LogP contribution is -2.57. The number of imide groups is 1. The van der Waals surface area contributed by atoms with Gasteiger partial charge in [0.1, 0.15) is 16.3 Å². The van der Waals surface area contributed by atoms with Gasteiger partial charge < -0.3 is 5.32 Å². The smallest absolute Gasteiger partial charge is 0.244 e. The van der Waals surface area contributed by atoms with Crippen molar-refractivity contribution in [3.63, 3.8) is 0 Å². The van der Waals surface area contributed by atoms with E-state index < -0.39 is 45.9 Å². The molecule has 7 heteroatoms. The molecule has 1 fully saturated rings. The number of anilines is 1. The van der Waals surface area contributed by atoms with Gasteiger partial charge in [-0.2, -0.15) is 0 Å². The van der Waals surface area contributed by atoms with Crippen LogP contribution in [0.2, 0.25) is 0 Å². The van der Waals surface area contributed by atoms with Gasteiger partial charge in [0.05, 0.1) is 11.8 Å².